The Morgan fingerprint density at radius 3 is 2.50 bits per heavy atom. The van der Waals surface area contributed by atoms with Gasteiger partial charge in [0.15, 0.2) is 23.1 Å². The number of aromatic nitrogens is 4. The van der Waals surface area contributed by atoms with Crippen LogP contribution < -0.4 is 20.7 Å². The molecule has 0 atom stereocenters. The first-order valence-corrected chi connectivity index (χ1v) is 12.9. The summed E-state index contributed by atoms with van der Waals surface area (Å²) in [6.45, 7) is 0.374. The number of benzene rings is 1. The summed E-state index contributed by atoms with van der Waals surface area (Å²) in [7, 11) is 23.3. The van der Waals surface area contributed by atoms with Crippen LogP contribution in [0.15, 0.2) is 28.8 Å². The van der Waals surface area contributed by atoms with E-state index in [2.05, 4.69) is 36.3 Å². The lowest BCUT2D eigenvalue weighted by molar-refractivity contribution is -0.131. The number of rotatable bonds is 12. The Morgan fingerprint density at radius 1 is 1.12 bits per heavy atom. The summed E-state index contributed by atoms with van der Waals surface area (Å²) in [6.07, 6.45) is 1.58. The third-order valence-corrected chi connectivity index (χ3v) is 5.98. The summed E-state index contributed by atoms with van der Waals surface area (Å²) in [6, 6.07) is 6.51. The number of likely N-dealkylation sites (N-methyl/N-ethyl adjacent to an activating group) is 2. The summed E-state index contributed by atoms with van der Waals surface area (Å²) < 4.78 is 11.1. The van der Waals surface area contributed by atoms with Crippen molar-refractivity contribution in [3.63, 3.8) is 0 Å². The SMILES string of the molecule is [B]C([B])([B])NC(=O)c1nnc(NC(=O)C2CC2)cc1Nc1cccc(-c2nc(CN(C)C(=O)CN(C)C)no2)c1OC. The molecule has 3 aromatic rings. The number of hydrogen-bond acceptors (Lipinski definition) is 11. The molecule has 0 unspecified atom stereocenters. The van der Waals surface area contributed by atoms with Gasteiger partial charge in [0.25, 0.3) is 11.8 Å². The molecular formula is C25H28B3N9O5. The van der Waals surface area contributed by atoms with Crippen molar-refractivity contribution in [2.45, 2.75) is 24.6 Å². The maximum Gasteiger partial charge on any atom is 0.272 e. The number of nitrogens with zero attached hydrogens (tertiary/aromatic N) is 6. The highest BCUT2D eigenvalue weighted by molar-refractivity contribution is 6.60. The molecule has 1 saturated carbocycles. The lowest BCUT2D eigenvalue weighted by Crippen LogP contribution is -2.50. The first kappa shape index (κ1) is 30.6. The third kappa shape index (κ3) is 7.87. The van der Waals surface area contributed by atoms with E-state index in [1.165, 1.54) is 18.1 Å². The second-order valence-electron chi connectivity index (χ2n) is 10.2. The van der Waals surface area contributed by atoms with E-state index in [1.807, 2.05) is 0 Å². The van der Waals surface area contributed by atoms with E-state index in [1.54, 1.807) is 44.2 Å². The molecule has 3 N–H and O–H groups in total. The number of amides is 3. The molecule has 0 spiro atoms. The topological polar surface area (TPSA) is 168 Å². The maximum atomic E-state index is 12.9. The van der Waals surface area contributed by atoms with E-state index >= 15 is 0 Å². The molecule has 1 fully saturated rings. The summed E-state index contributed by atoms with van der Waals surface area (Å²) in [5.74, 6) is -0.355. The Morgan fingerprint density at radius 2 is 1.86 bits per heavy atom. The second kappa shape index (κ2) is 12.6. The van der Waals surface area contributed by atoms with Gasteiger partial charge in [-0.05, 0) is 39.1 Å². The molecule has 0 bridgehead atoms. The standard InChI is InChI=1S/C25H28B3N9O5/c1-36(2)12-19(38)37(3)11-18-31-24(42-35-18)14-6-5-7-15(21(14)41-4)29-16-10-17(30-22(39)13-8-9-13)33-34-20(16)23(40)32-25(26,27)28/h5-7,10,13H,8-9,11-12H2,1-4H3,(H,32,40)(H2,29,30,33,39). The monoisotopic (exact) mass is 567 g/mol. The van der Waals surface area contributed by atoms with Gasteiger partial charge in [-0.15, -0.1) is 10.2 Å². The van der Waals surface area contributed by atoms with Crippen molar-refractivity contribution in [2.75, 3.05) is 45.4 Å². The van der Waals surface area contributed by atoms with Crippen LogP contribution in [-0.2, 0) is 16.1 Å². The Bertz CT molecular complexity index is 1470. The average molecular weight is 567 g/mol. The number of para-hydroxylation sites is 1. The van der Waals surface area contributed by atoms with Crippen LogP contribution in [-0.4, -0.2) is 111 Å². The molecule has 1 aliphatic rings. The maximum absolute atomic E-state index is 12.9. The molecule has 2 aromatic heterocycles. The van der Waals surface area contributed by atoms with Crippen LogP contribution in [0.25, 0.3) is 11.5 Å². The molecule has 6 radical (unpaired) electrons. The molecule has 1 aliphatic carbocycles. The van der Waals surface area contributed by atoms with Gasteiger partial charge in [-0.2, -0.15) is 4.98 Å². The van der Waals surface area contributed by atoms with Crippen LogP contribution >= 0.6 is 0 Å². The van der Waals surface area contributed by atoms with Crippen molar-refractivity contribution in [3.8, 4) is 17.2 Å². The predicted molar refractivity (Wildman–Crippen MR) is 155 cm³/mol. The minimum Gasteiger partial charge on any atom is -0.494 e. The Hall–Kier alpha value is -4.40. The van der Waals surface area contributed by atoms with Gasteiger partial charge in [-0.3, -0.25) is 14.4 Å². The smallest absolute Gasteiger partial charge is 0.272 e. The van der Waals surface area contributed by atoms with Gasteiger partial charge < -0.3 is 35.0 Å². The fourth-order valence-corrected chi connectivity index (χ4v) is 3.83. The highest BCUT2D eigenvalue weighted by atomic mass is 16.5. The molecule has 4 rings (SSSR count). The van der Waals surface area contributed by atoms with Crippen LogP contribution in [0.4, 0.5) is 17.2 Å². The van der Waals surface area contributed by atoms with Gasteiger partial charge >= 0.3 is 0 Å². The molecule has 17 heteroatoms. The van der Waals surface area contributed by atoms with Crippen LogP contribution in [0.5, 0.6) is 5.75 Å². The average Bonchev–Trinajstić information content (AvgIpc) is 3.66. The second-order valence-corrected chi connectivity index (χ2v) is 10.2. The number of methoxy groups -OCH3 is 1. The van der Waals surface area contributed by atoms with Crippen LogP contribution in [0.3, 0.4) is 0 Å². The molecular weight excluding hydrogens is 539 g/mol. The van der Waals surface area contributed by atoms with Crippen molar-refractivity contribution >= 4 is 58.5 Å². The number of ether oxygens (including phenoxy) is 1. The fraction of sp³-hybridized carbons (Fsp3) is 0.400. The minimum atomic E-state index is -2.02. The van der Waals surface area contributed by atoms with Gasteiger partial charge in [0.05, 0.1) is 60.7 Å². The zero-order valence-corrected chi connectivity index (χ0v) is 23.7. The molecule has 42 heavy (non-hydrogen) atoms. The third-order valence-electron chi connectivity index (χ3n) is 5.98. The Labute approximate surface area is 246 Å². The first-order chi connectivity index (χ1) is 19.8. The molecule has 2 heterocycles. The van der Waals surface area contributed by atoms with Gasteiger partial charge in [-0.1, -0.05) is 16.5 Å². The molecule has 0 saturated heterocycles. The number of anilines is 3. The van der Waals surface area contributed by atoms with Gasteiger partial charge in [0, 0.05) is 19.0 Å². The van der Waals surface area contributed by atoms with E-state index in [0.29, 0.717) is 22.8 Å². The van der Waals surface area contributed by atoms with Crippen molar-refractivity contribution in [1.82, 2.24) is 35.5 Å². The zero-order chi connectivity index (χ0) is 30.6. The molecule has 1 aromatic carbocycles. The number of carbonyl (C=O) groups is 3. The van der Waals surface area contributed by atoms with Gasteiger partial charge in [0.1, 0.15) is 0 Å². The van der Waals surface area contributed by atoms with Crippen LogP contribution in [0.1, 0.15) is 29.2 Å². The van der Waals surface area contributed by atoms with Crippen molar-refractivity contribution in [2.24, 2.45) is 5.92 Å². The highest BCUT2D eigenvalue weighted by Gasteiger charge is 2.30. The highest BCUT2D eigenvalue weighted by Crippen LogP contribution is 2.38. The Kier molecular flexibility index (Phi) is 9.19. The summed E-state index contributed by atoms with van der Waals surface area (Å²) in [4.78, 5) is 45.2. The van der Waals surface area contributed by atoms with Gasteiger partial charge in [-0.25, -0.2) is 0 Å². The predicted octanol–water partition coefficient (Wildman–Crippen LogP) is -0.00610. The molecule has 212 valence electrons. The lowest BCUT2D eigenvalue weighted by Gasteiger charge is -2.23. The molecule has 14 nitrogen and oxygen atoms in total. The van der Waals surface area contributed by atoms with Crippen LogP contribution in [0, 0.1) is 5.92 Å². The van der Waals surface area contributed by atoms with E-state index < -0.39 is 11.1 Å². The van der Waals surface area contributed by atoms with Crippen molar-refractivity contribution < 1.29 is 23.6 Å². The minimum absolute atomic E-state index is 0.0829. The van der Waals surface area contributed by atoms with E-state index in [4.69, 9.17) is 32.8 Å². The Balaban J connectivity index is 1.63. The van der Waals surface area contributed by atoms with E-state index in [-0.39, 0.29) is 53.9 Å². The summed E-state index contributed by atoms with van der Waals surface area (Å²) in [5, 5.41) is 17.9. The van der Waals surface area contributed by atoms with E-state index in [0.717, 1.165) is 12.8 Å². The lowest BCUT2D eigenvalue weighted by atomic mass is 9.49. The van der Waals surface area contributed by atoms with Crippen LogP contribution in [0.2, 0.25) is 0 Å². The quantitative estimate of drug-likeness (QED) is 0.252. The van der Waals surface area contributed by atoms with Crippen molar-refractivity contribution in [3.05, 3.63) is 35.8 Å². The first-order valence-electron chi connectivity index (χ1n) is 12.9. The summed E-state index contributed by atoms with van der Waals surface area (Å²) >= 11 is 0. The number of nitrogens with one attached hydrogen (secondary N) is 3. The summed E-state index contributed by atoms with van der Waals surface area (Å²) in [5.41, 5.74) is 0.751. The zero-order valence-electron chi connectivity index (χ0n) is 23.7. The van der Waals surface area contributed by atoms with Gasteiger partial charge in [0.2, 0.25) is 11.8 Å². The normalized spacial score (nSPS) is 13.0. The number of hydrogen-bond donors (Lipinski definition) is 3. The largest absolute Gasteiger partial charge is 0.494 e. The molecule has 3 amide bonds. The van der Waals surface area contributed by atoms with E-state index in [9.17, 15) is 14.4 Å². The van der Waals surface area contributed by atoms with Crippen molar-refractivity contribution in [1.29, 1.82) is 0 Å². The number of carbonyl (C=O) groups excluding carboxylic acids is 3. The molecule has 0 aliphatic heterocycles. The fourth-order valence-electron chi connectivity index (χ4n) is 3.83.